The van der Waals surface area contributed by atoms with Crippen LogP contribution < -0.4 is 10.2 Å². The quantitative estimate of drug-likeness (QED) is 0.932. The van der Waals surface area contributed by atoms with E-state index in [4.69, 9.17) is 0 Å². The van der Waals surface area contributed by atoms with Crippen LogP contribution in [0.5, 0.6) is 0 Å². The monoisotopic (exact) mass is 332 g/mol. The summed E-state index contributed by atoms with van der Waals surface area (Å²) < 4.78 is 0. The van der Waals surface area contributed by atoms with Gasteiger partial charge < -0.3 is 10.2 Å². The Balaban J connectivity index is 0.00000192. The van der Waals surface area contributed by atoms with Crippen LogP contribution >= 0.6 is 12.4 Å². The first-order valence-corrected chi connectivity index (χ1v) is 7.92. The number of nitrogens with one attached hydrogen (secondary N) is 1. The smallest absolute Gasteiger partial charge is 0.132 e. The number of benzene rings is 1. The van der Waals surface area contributed by atoms with Gasteiger partial charge in [-0.2, -0.15) is 0 Å². The zero-order valence-corrected chi connectivity index (χ0v) is 14.6. The summed E-state index contributed by atoms with van der Waals surface area (Å²) in [5.74, 6) is 0.976. The van der Waals surface area contributed by atoms with E-state index in [2.05, 4.69) is 58.3 Å². The van der Waals surface area contributed by atoms with E-state index in [9.17, 15) is 0 Å². The molecular weight excluding hydrogens is 308 g/mol. The summed E-state index contributed by atoms with van der Waals surface area (Å²) in [6.07, 6.45) is 2.00. The molecule has 0 unspecified atom stereocenters. The topological polar surface area (TPSA) is 31.4 Å². The van der Waals surface area contributed by atoms with Crippen molar-refractivity contribution >= 4 is 23.9 Å². The van der Waals surface area contributed by atoms with Gasteiger partial charge in [-0.25, -0.2) is 4.98 Å². The van der Waals surface area contributed by atoms with Gasteiger partial charge in [0.2, 0.25) is 0 Å². The third-order valence-corrected chi connectivity index (χ3v) is 4.16. The number of halogens is 1. The van der Waals surface area contributed by atoms with Crippen LogP contribution in [-0.4, -0.2) is 42.6 Å². The Morgan fingerprint density at radius 3 is 2.65 bits per heavy atom. The number of anilines is 2. The Morgan fingerprint density at radius 1 is 1.22 bits per heavy atom. The van der Waals surface area contributed by atoms with Gasteiger partial charge >= 0.3 is 0 Å². The summed E-state index contributed by atoms with van der Waals surface area (Å²) in [7, 11) is 2.05. The number of aromatic nitrogens is 1. The molecule has 5 heteroatoms. The van der Waals surface area contributed by atoms with Crippen molar-refractivity contribution in [2.45, 2.75) is 19.5 Å². The van der Waals surface area contributed by atoms with E-state index in [-0.39, 0.29) is 12.4 Å². The molecule has 1 atom stereocenters. The highest BCUT2D eigenvalue weighted by Crippen LogP contribution is 2.21. The fourth-order valence-corrected chi connectivity index (χ4v) is 2.91. The molecule has 0 amide bonds. The van der Waals surface area contributed by atoms with Gasteiger partial charge in [-0.3, -0.25) is 4.90 Å². The zero-order chi connectivity index (χ0) is 15.4. The van der Waals surface area contributed by atoms with Gasteiger partial charge in [0.05, 0.1) is 0 Å². The van der Waals surface area contributed by atoms with Crippen LogP contribution in [0.1, 0.15) is 12.5 Å². The van der Waals surface area contributed by atoms with Gasteiger partial charge in [0, 0.05) is 51.2 Å². The van der Waals surface area contributed by atoms with Gasteiger partial charge in [-0.05, 0) is 30.7 Å². The zero-order valence-electron chi connectivity index (χ0n) is 13.8. The fraction of sp³-hybridized carbons (Fsp3) is 0.389. The van der Waals surface area contributed by atoms with Crippen molar-refractivity contribution < 1.29 is 0 Å². The second-order valence-corrected chi connectivity index (χ2v) is 6.01. The minimum absolute atomic E-state index is 0. The molecule has 23 heavy (non-hydrogen) atoms. The molecule has 1 aliphatic heterocycles. The van der Waals surface area contributed by atoms with E-state index in [0.717, 1.165) is 37.7 Å². The number of hydrogen-bond acceptors (Lipinski definition) is 4. The van der Waals surface area contributed by atoms with Crippen molar-refractivity contribution in [3.8, 4) is 0 Å². The molecule has 2 heterocycles. The molecule has 1 aromatic heterocycles. The molecule has 1 fully saturated rings. The van der Waals surface area contributed by atoms with Crippen LogP contribution in [0.2, 0.25) is 0 Å². The predicted octanol–water partition coefficient (Wildman–Crippen LogP) is 3.07. The van der Waals surface area contributed by atoms with E-state index in [0.29, 0.717) is 6.04 Å². The van der Waals surface area contributed by atoms with Gasteiger partial charge in [0.1, 0.15) is 5.82 Å². The normalized spacial score (nSPS) is 18.3. The van der Waals surface area contributed by atoms with Crippen molar-refractivity contribution in [2.24, 2.45) is 0 Å². The van der Waals surface area contributed by atoms with Crippen LogP contribution in [0.15, 0.2) is 48.7 Å². The minimum Gasteiger partial charge on any atom is -0.329 e. The summed E-state index contributed by atoms with van der Waals surface area (Å²) >= 11 is 0. The van der Waals surface area contributed by atoms with E-state index < -0.39 is 0 Å². The molecule has 1 N–H and O–H groups in total. The standard InChI is InChI=1S/C18H24N4.ClH/c1-15-13-22(11-10-19-15)14-16-8-9-18(20-12-16)21(2)17-6-4-3-5-7-17;/h3-9,12,15,19H,10-11,13-14H2,1-2H3;1H/t15-;/m0./s1. The molecule has 0 spiro atoms. The van der Waals surface area contributed by atoms with Gasteiger partial charge in [0.25, 0.3) is 0 Å². The fourth-order valence-electron chi connectivity index (χ4n) is 2.91. The molecule has 0 aliphatic carbocycles. The number of para-hydroxylation sites is 1. The number of nitrogens with zero attached hydrogens (tertiary/aromatic N) is 3. The lowest BCUT2D eigenvalue weighted by Crippen LogP contribution is -2.48. The Hall–Kier alpha value is -1.62. The summed E-state index contributed by atoms with van der Waals surface area (Å²) in [6.45, 7) is 6.50. The maximum Gasteiger partial charge on any atom is 0.132 e. The molecule has 0 bridgehead atoms. The lowest BCUT2D eigenvalue weighted by Gasteiger charge is -2.31. The maximum absolute atomic E-state index is 4.62. The molecule has 0 saturated carbocycles. The van der Waals surface area contributed by atoms with Gasteiger partial charge in [0.15, 0.2) is 0 Å². The predicted molar refractivity (Wildman–Crippen MR) is 98.7 cm³/mol. The third kappa shape index (κ3) is 4.67. The number of piperazine rings is 1. The summed E-state index contributed by atoms with van der Waals surface area (Å²) in [5.41, 5.74) is 2.43. The highest BCUT2D eigenvalue weighted by atomic mass is 35.5. The molecule has 1 aromatic carbocycles. The molecule has 124 valence electrons. The van der Waals surface area contributed by atoms with E-state index in [1.807, 2.05) is 24.4 Å². The van der Waals surface area contributed by atoms with Crippen LogP contribution in [0.3, 0.4) is 0 Å². The second kappa shape index (κ2) is 8.29. The lowest BCUT2D eigenvalue weighted by molar-refractivity contribution is 0.199. The Labute approximate surface area is 144 Å². The summed E-state index contributed by atoms with van der Waals surface area (Å²) in [5, 5.41) is 3.48. The molecule has 1 saturated heterocycles. The lowest BCUT2D eigenvalue weighted by atomic mass is 10.2. The average Bonchev–Trinajstić information content (AvgIpc) is 2.56. The highest BCUT2D eigenvalue weighted by Gasteiger charge is 2.15. The van der Waals surface area contributed by atoms with Gasteiger partial charge in [-0.1, -0.05) is 24.3 Å². The summed E-state index contributed by atoms with van der Waals surface area (Å²) in [4.78, 5) is 9.22. The van der Waals surface area contributed by atoms with Gasteiger partial charge in [-0.15, -0.1) is 12.4 Å². The van der Waals surface area contributed by atoms with Crippen molar-refractivity contribution in [3.63, 3.8) is 0 Å². The Kier molecular flexibility index (Phi) is 6.39. The molecule has 4 nitrogen and oxygen atoms in total. The average molecular weight is 333 g/mol. The maximum atomic E-state index is 4.62. The molecule has 2 aromatic rings. The largest absolute Gasteiger partial charge is 0.329 e. The third-order valence-electron chi connectivity index (χ3n) is 4.16. The van der Waals surface area contributed by atoms with Crippen LogP contribution in [-0.2, 0) is 6.54 Å². The van der Waals surface area contributed by atoms with Crippen LogP contribution in [0, 0.1) is 0 Å². The van der Waals surface area contributed by atoms with E-state index >= 15 is 0 Å². The number of rotatable bonds is 4. The summed E-state index contributed by atoms with van der Waals surface area (Å²) in [6, 6.07) is 15.2. The Bertz CT molecular complexity index is 588. The van der Waals surface area contributed by atoms with Crippen LogP contribution in [0.4, 0.5) is 11.5 Å². The SMILES string of the molecule is C[C@H]1CN(Cc2ccc(N(C)c3ccccc3)nc2)CCN1.Cl. The number of pyridine rings is 1. The highest BCUT2D eigenvalue weighted by molar-refractivity contribution is 5.85. The first-order valence-electron chi connectivity index (χ1n) is 7.92. The first kappa shape index (κ1) is 17.7. The van der Waals surface area contributed by atoms with E-state index in [1.54, 1.807) is 0 Å². The molecule has 1 aliphatic rings. The van der Waals surface area contributed by atoms with Crippen molar-refractivity contribution in [3.05, 3.63) is 54.2 Å². The second-order valence-electron chi connectivity index (χ2n) is 6.01. The molecular formula is C18H25ClN4. The van der Waals surface area contributed by atoms with Crippen molar-refractivity contribution in [2.75, 3.05) is 31.6 Å². The molecule has 3 rings (SSSR count). The van der Waals surface area contributed by atoms with Crippen LogP contribution in [0.25, 0.3) is 0 Å². The minimum atomic E-state index is 0. The van der Waals surface area contributed by atoms with Crippen molar-refractivity contribution in [1.29, 1.82) is 0 Å². The van der Waals surface area contributed by atoms with Crippen molar-refractivity contribution in [1.82, 2.24) is 15.2 Å². The first-order chi connectivity index (χ1) is 10.7. The van der Waals surface area contributed by atoms with E-state index in [1.165, 1.54) is 5.56 Å². The number of hydrogen-bond donors (Lipinski definition) is 1. The molecule has 0 radical (unpaired) electrons. The Morgan fingerprint density at radius 2 is 2.00 bits per heavy atom.